The van der Waals surface area contributed by atoms with Gasteiger partial charge in [0.05, 0.1) is 0 Å². The van der Waals surface area contributed by atoms with E-state index in [1.54, 1.807) is 20.8 Å². The molecule has 3 N–H and O–H groups in total. The van der Waals surface area contributed by atoms with Crippen LogP contribution in [-0.4, -0.2) is 28.7 Å². The molecule has 0 unspecified atom stereocenters. The number of hydrogen-bond donors (Lipinski definition) is 3. The van der Waals surface area contributed by atoms with E-state index in [1.165, 1.54) is 0 Å². The summed E-state index contributed by atoms with van der Waals surface area (Å²) in [6.07, 6.45) is 3.01. The van der Waals surface area contributed by atoms with Crippen LogP contribution in [0.15, 0.2) is 0 Å². The van der Waals surface area contributed by atoms with E-state index in [9.17, 15) is 9.59 Å². The fourth-order valence-corrected chi connectivity index (χ4v) is 1.92. The first-order valence-electron chi connectivity index (χ1n) is 5.95. The molecule has 17 heavy (non-hydrogen) atoms. The highest BCUT2D eigenvalue weighted by Crippen LogP contribution is 2.30. The molecular weight excluding hydrogens is 220 g/mol. The molecule has 98 valence electrons. The van der Waals surface area contributed by atoms with Crippen molar-refractivity contribution in [3.05, 3.63) is 0 Å². The van der Waals surface area contributed by atoms with Gasteiger partial charge in [0.2, 0.25) is 0 Å². The molecule has 0 saturated heterocycles. The van der Waals surface area contributed by atoms with Gasteiger partial charge >= 0.3 is 12.0 Å². The lowest BCUT2D eigenvalue weighted by atomic mass is 9.79. The molecule has 0 radical (unpaired) electrons. The van der Waals surface area contributed by atoms with Gasteiger partial charge in [0.15, 0.2) is 0 Å². The van der Waals surface area contributed by atoms with E-state index in [0.29, 0.717) is 0 Å². The van der Waals surface area contributed by atoms with E-state index >= 15 is 0 Å². The van der Waals surface area contributed by atoms with Crippen molar-refractivity contribution in [2.75, 3.05) is 0 Å². The van der Waals surface area contributed by atoms with E-state index in [0.717, 1.165) is 19.3 Å². The standard InChI is InChI=1S/C12H22N2O3/c1-11(2,3)8(9(15)16)13-10(17)14-12(4)6-5-7-12/h8H,5-7H2,1-4H3,(H,15,16)(H2,13,14,17)/t8-/m0/s1. The number of carboxylic acid groups (broad SMARTS) is 1. The SMILES string of the molecule is CC1(NC(=O)N[C@@H](C(=O)O)C(C)(C)C)CCC1. The number of rotatable bonds is 3. The lowest BCUT2D eigenvalue weighted by Crippen LogP contribution is -2.59. The van der Waals surface area contributed by atoms with Crippen LogP contribution in [0.5, 0.6) is 0 Å². The third kappa shape index (κ3) is 3.61. The molecule has 1 atom stereocenters. The van der Waals surface area contributed by atoms with Crippen LogP contribution < -0.4 is 10.6 Å². The van der Waals surface area contributed by atoms with Crippen LogP contribution in [0.4, 0.5) is 4.79 Å². The van der Waals surface area contributed by atoms with Crippen LogP contribution in [0.25, 0.3) is 0 Å². The average molecular weight is 242 g/mol. The Hall–Kier alpha value is -1.26. The van der Waals surface area contributed by atoms with Crippen LogP contribution >= 0.6 is 0 Å². The van der Waals surface area contributed by atoms with Crippen LogP contribution in [0.3, 0.4) is 0 Å². The summed E-state index contributed by atoms with van der Waals surface area (Å²) in [6.45, 7) is 7.34. The molecule has 1 saturated carbocycles. The lowest BCUT2D eigenvalue weighted by molar-refractivity contribution is -0.141. The maximum absolute atomic E-state index is 11.7. The summed E-state index contributed by atoms with van der Waals surface area (Å²) in [6, 6.07) is -1.28. The maximum atomic E-state index is 11.7. The summed E-state index contributed by atoms with van der Waals surface area (Å²) in [5.74, 6) is -1.01. The van der Waals surface area contributed by atoms with Gasteiger partial charge < -0.3 is 15.7 Å². The van der Waals surface area contributed by atoms with Crippen LogP contribution in [0, 0.1) is 5.41 Å². The first kappa shape index (κ1) is 13.8. The summed E-state index contributed by atoms with van der Waals surface area (Å²) in [7, 11) is 0. The number of nitrogens with one attached hydrogen (secondary N) is 2. The van der Waals surface area contributed by atoms with E-state index in [1.807, 2.05) is 6.92 Å². The van der Waals surface area contributed by atoms with Crippen molar-refractivity contribution in [1.29, 1.82) is 0 Å². The quantitative estimate of drug-likeness (QED) is 0.705. The van der Waals surface area contributed by atoms with Crippen molar-refractivity contribution in [3.63, 3.8) is 0 Å². The number of hydrogen-bond acceptors (Lipinski definition) is 2. The largest absolute Gasteiger partial charge is 0.480 e. The summed E-state index contributed by atoms with van der Waals surface area (Å²) < 4.78 is 0. The Kier molecular flexibility index (Phi) is 3.69. The summed E-state index contributed by atoms with van der Waals surface area (Å²) >= 11 is 0. The Morgan fingerprint density at radius 1 is 1.29 bits per heavy atom. The third-order valence-corrected chi connectivity index (χ3v) is 3.26. The first-order chi connectivity index (χ1) is 7.64. The topological polar surface area (TPSA) is 78.4 Å². The molecule has 0 spiro atoms. The van der Waals surface area contributed by atoms with Crippen molar-refractivity contribution in [2.24, 2.45) is 5.41 Å². The highest BCUT2D eigenvalue weighted by atomic mass is 16.4. The average Bonchev–Trinajstić information content (AvgIpc) is 2.09. The van der Waals surface area contributed by atoms with Gasteiger partial charge in [-0.05, 0) is 31.6 Å². The Balaban J connectivity index is 2.56. The first-order valence-corrected chi connectivity index (χ1v) is 5.95. The third-order valence-electron chi connectivity index (χ3n) is 3.26. The fourth-order valence-electron chi connectivity index (χ4n) is 1.92. The van der Waals surface area contributed by atoms with Crippen molar-refractivity contribution >= 4 is 12.0 Å². The van der Waals surface area contributed by atoms with Gasteiger partial charge in [-0.3, -0.25) is 0 Å². The molecule has 0 bridgehead atoms. The highest BCUT2D eigenvalue weighted by molar-refractivity contribution is 5.83. The molecule has 1 aliphatic rings. The second-order valence-electron chi connectivity index (χ2n) is 6.15. The Bertz CT molecular complexity index is 316. The van der Waals surface area contributed by atoms with Gasteiger partial charge in [-0.1, -0.05) is 20.8 Å². The van der Waals surface area contributed by atoms with Gasteiger partial charge in [-0.2, -0.15) is 0 Å². The zero-order valence-corrected chi connectivity index (χ0v) is 11.0. The van der Waals surface area contributed by atoms with Crippen LogP contribution in [0.2, 0.25) is 0 Å². The summed E-state index contributed by atoms with van der Waals surface area (Å²) in [5, 5.41) is 14.5. The zero-order chi connectivity index (χ0) is 13.3. The Labute approximate surface area is 102 Å². The number of aliphatic carboxylic acids is 1. The Morgan fingerprint density at radius 3 is 2.12 bits per heavy atom. The zero-order valence-electron chi connectivity index (χ0n) is 11.0. The minimum Gasteiger partial charge on any atom is -0.480 e. The highest BCUT2D eigenvalue weighted by Gasteiger charge is 2.36. The lowest BCUT2D eigenvalue weighted by Gasteiger charge is -2.39. The fraction of sp³-hybridized carbons (Fsp3) is 0.833. The van der Waals surface area contributed by atoms with Gasteiger partial charge in [-0.15, -0.1) is 0 Å². The predicted octanol–water partition coefficient (Wildman–Crippen LogP) is 1.73. The minimum atomic E-state index is -1.01. The van der Waals surface area contributed by atoms with Gasteiger partial charge in [-0.25, -0.2) is 9.59 Å². The maximum Gasteiger partial charge on any atom is 0.326 e. The van der Waals surface area contributed by atoms with E-state index in [2.05, 4.69) is 10.6 Å². The van der Waals surface area contributed by atoms with Crippen molar-refractivity contribution in [3.8, 4) is 0 Å². The molecule has 0 aromatic heterocycles. The predicted molar refractivity (Wildman–Crippen MR) is 64.8 cm³/mol. The molecule has 1 fully saturated rings. The van der Waals surface area contributed by atoms with Gasteiger partial charge in [0, 0.05) is 5.54 Å². The molecular formula is C12H22N2O3. The van der Waals surface area contributed by atoms with Crippen molar-refractivity contribution < 1.29 is 14.7 Å². The second kappa shape index (κ2) is 4.55. The number of urea groups is 1. The van der Waals surface area contributed by atoms with Gasteiger partial charge in [0.1, 0.15) is 6.04 Å². The van der Waals surface area contributed by atoms with E-state index in [4.69, 9.17) is 5.11 Å². The normalized spacial score (nSPS) is 20.0. The minimum absolute atomic E-state index is 0.162. The number of carbonyl (C=O) groups is 2. The number of carbonyl (C=O) groups excluding carboxylic acids is 1. The molecule has 0 heterocycles. The molecule has 1 aliphatic carbocycles. The van der Waals surface area contributed by atoms with Crippen LogP contribution in [-0.2, 0) is 4.79 Å². The molecule has 1 rings (SSSR count). The number of amides is 2. The molecule has 0 aromatic carbocycles. The van der Waals surface area contributed by atoms with Gasteiger partial charge in [0.25, 0.3) is 0 Å². The Morgan fingerprint density at radius 2 is 1.82 bits per heavy atom. The van der Waals surface area contributed by atoms with Crippen molar-refractivity contribution in [1.82, 2.24) is 10.6 Å². The van der Waals surface area contributed by atoms with E-state index in [-0.39, 0.29) is 5.54 Å². The smallest absolute Gasteiger partial charge is 0.326 e. The molecule has 5 nitrogen and oxygen atoms in total. The molecule has 0 aromatic rings. The monoisotopic (exact) mass is 242 g/mol. The van der Waals surface area contributed by atoms with Crippen LogP contribution in [0.1, 0.15) is 47.0 Å². The second-order valence-corrected chi connectivity index (χ2v) is 6.15. The molecule has 5 heteroatoms. The summed E-state index contributed by atoms with van der Waals surface area (Å²) in [4.78, 5) is 22.8. The molecule has 2 amide bonds. The molecule has 0 aliphatic heterocycles. The summed E-state index contributed by atoms with van der Waals surface area (Å²) in [5.41, 5.74) is -0.672. The van der Waals surface area contributed by atoms with Crippen molar-refractivity contribution in [2.45, 2.75) is 58.5 Å². The van der Waals surface area contributed by atoms with E-state index < -0.39 is 23.5 Å². The number of carboxylic acids is 1.